The summed E-state index contributed by atoms with van der Waals surface area (Å²) in [5.41, 5.74) is 6.59. The molecule has 0 spiro atoms. The largest absolute Gasteiger partial charge is 0.369 e. The highest BCUT2D eigenvalue weighted by molar-refractivity contribution is 5.92. The number of hydrogen-bond donors (Lipinski definition) is 1. The number of pyridine rings is 1. The second kappa shape index (κ2) is 7.20. The first kappa shape index (κ1) is 15.4. The molecule has 2 N–H and O–H groups in total. The predicted molar refractivity (Wildman–Crippen MR) is 84.5 cm³/mol. The van der Waals surface area contributed by atoms with Crippen molar-refractivity contribution in [2.75, 3.05) is 19.7 Å². The van der Waals surface area contributed by atoms with Crippen molar-refractivity contribution >= 4 is 5.91 Å². The molecule has 1 aliphatic carbocycles. The van der Waals surface area contributed by atoms with Crippen molar-refractivity contribution in [2.24, 2.45) is 5.73 Å². The summed E-state index contributed by atoms with van der Waals surface area (Å²) >= 11 is 0. The van der Waals surface area contributed by atoms with E-state index in [1.165, 1.54) is 38.5 Å². The third-order valence-corrected chi connectivity index (χ3v) is 4.84. The van der Waals surface area contributed by atoms with E-state index in [4.69, 9.17) is 10.5 Å². The van der Waals surface area contributed by atoms with Crippen molar-refractivity contribution in [1.82, 2.24) is 9.88 Å². The fourth-order valence-electron chi connectivity index (χ4n) is 3.54. The fraction of sp³-hybridized carbons (Fsp3) is 0.647. The van der Waals surface area contributed by atoms with E-state index in [2.05, 4.69) is 9.88 Å². The molecule has 1 atom stereocenters. The molecule has 5 nitrogen and oxygen atoms in total. The minimum atomic E-state index is -0.441. The number of primary amides is 1. The van der Waals surface area contributed by atoms with Gasteiger partial charge < -0.3 is 10.5 Å². The van der Waals surface area contributed by atoms with Crippen LogP contribution in [0.3, 0.4) is 0 Å². The summed E-state index contributed by atoms with van der Waals surface area (Å²) in [6.45, 7) is 2.66. The summed E-state index contributed by atoms with van der Waals surface area (Å²) in [4.78, 5) is 18.1. The second-order valence-corrected chi connectivity index (χ2v) is 6.34. The van der Waals surface area contributed by atoms with Crippen molar-refractivity contribution in [1.29, 1.82) is 0 Å². The number of carbonyl (C=O) groups excluding carboxylic acids is 1. The number of aromatic nitrogens is 1. The third-order valence-electron chi connectivity index (χ3n) is 4.84. The number of amides is 1. The molecule has 22 heavy (non-hydrogen) atoms. The van der Waals surface area contributed by atoms with Gasteiger partial charge in [-0.15, -0.1) is 0 Å². The molecule has 0 aromatic carbocycles. The Bertz CT molecular complexity index is 495. The molecular weight excluding hydrogens is 278 g/mol. The van der Waals surface area contributed by atoms with Crippen molar-refractivity contribution in [3.8, 4) is 0 Å². The van der Waals surface area contributed by atoms with Crippen LogP contribution in [0.5, 0.6) is 0 Å². The number of ether oxygens (including phenoxy) is 1. The van der Waals surface area contributed by atoms with Crippen LogP contribution in [0.25, 0.3) is 0 Å². The van der Waals surface area contributed by atoms with Gasteiger partial charge in [-0.1, -0.05) is 25.7 Å². The molecule has 1 saturated carbocycles. The Morgan fingerprint density at radius 1 is 1.23 bits per heavy atom. The molecule has 3 rings (SSSR count). The number of nitrogens with zero attached hydrogens (tertiary/aromatic N) is 2. The van der Waals surface area contributed by atoms with E-state index in [9.17, 15) is 4.79 Å². The number of rotatable bonds is 3. The van der Waals surface area contributed by atoms with E-state index in [1.807, 2.05) is 6.07 Å². The fourth-order valence-corrected chi connectivity index (χ4v) is 3.54. The summed E-state index contributed by atoms with van der Waals surface area (Å²) in [6.07, 6.45) is 9.60. The topological polar surface area (TPSA) is 68.5 Å². The lowest BCUT2D eigenvalue weighted by Crippen LogP contribution is -2.44. The monoisotopic (exact) mass is 303 g/mol. The van der Waals surface area contributed by atoms with Crippen LogP contribution in [0, 0.1) is 0 Å². The smallest absolute Gasteiger partial charge is 0.250 e. The standard InChI is InChI=1S/C17H25N3O2/c18-17(21)13-7-8-15(19-11-13)16-12-20(9-10-22-16)14-5-3-1-2-4-6-14/h7-8,11,14,16H,1-6,9-10,12H2,(H2,18,21). The van der Waals surface area contributed by atoms with Gasteiger partial charge >= 0.3 is 0 Å². The van der Waals surface area contributed by atoms with Gasteiger partial charge in [0, 0.05) is 25.3 Å². The molecule has 0 radical (unpaired) electrons. The predicted octanol–water partition coefficient (Wildman–Crippen LogP) is 2.28. The third kappa shape index (κ3) is 3.65. The van der Waals surface area contributed by atoms with Gasteiger partial charge in [0.1, 0.15) is 6.10 Å². The van der Waals surface area contributed by atoms with E-state index in [0.717, 1.165) is 25.4 Å². The molecule has 1 unspecified atom stereocenters. The van der Waals surface area contributed by atoms with Crippen molar-refractivity contribution in [2.45, 2.75) is 50.7 Å². The first-order valence-electron chi connectivity index (χ1n) is 8.35. The SMILES string of the molecule is NC(=O)c1ccc(C2CN(C3CCCCCC3)CCO2)nc1. The van der Waals surface area contributed by atoms with Crippen molar-refractivity contribution in [3.63, 3.8) is 0 Å². The number of nitrogens with two attached hydrogens (primary N) is 1. The molecule has 2 fully saturated rings. The van der Waals surface area contributed by atoms with Crippen LogP contribution in [-0.2, 0) is 4.74 Å². The molecule has 2 aliphatic rings. The molecule has 2 heterocycles. The maximum absolute atomic E-state index is 11.1. The van der Waals surface area contributed by atoms with E-state index in [-0.39, 0.29) is 6.10 Å². The average molecular weight is 303 g/mol. The zero-order valence-electron chi connectivity index (χ0n) is 13.0. The molecule has 0 bridgehead atoms. The minimum Gasteiger partial charge on any atom is -0.369 e. The van der Waals surface area contributed by atoms with Crippen LogP contribution in [0.15, 0.2) is 18.3 Å². The first-order valence-corrected chi connectivity index (χ1v) is 8.35. The van der Waals surface area contributed by atoms with Gasteiger partial charge in [-0.2, -0.15) is 0 Å². The molecule has 1 aromatic heterocycles. The van der Waals surface area contributed by atoms with Gasteiger partial charge in [-0.3, -0.25) is 14.7 Å². The highest BCUT2D eigenvalue weighted by atomic mass is 16.5. The van der Waals surface area contributed by atoms with Crippen LogP contribution in [0.1, 0.15) is 60.7 Å². The second-order valence-electron chi connectivity index (χ2n) is 6.34. The van der Waals surface area contributed by atoms with Crippen LogP contribution in [0.4, 0.5) is 0 Å². The Labute approximate surface area is 131 Å². The highest BCUT2D eigenvalue weighted by Gasteiger charge is 2.28. The lowest BCUT2D eigenvalue weighted by atomic mass is 10.0. The maximum Gasteiger partial charge on any atom is 0.250 e. The van der Waals surface area contributed by atoms with E-state index < -0.39 is 5.91 Å². The zero-order chi connectivity index (χ0) is 15.4. The van der Waals surface area contributed by atoms with Gasteiger partial charge in [-0.25, -0.2) is 0 Å². The molecular formula is C17H25N3O2. The Kier molecular flexibility index (Phi) is 5.05. The summed E-state index contributed by atoms with van der Waals surface area (Å²) < 4.78 is 5.90. The maximum atomic E-state index is 11.1. The number of morpholine rings is 1. The van der Waals surface area contributed by atoms with Crippen LogP contribution < -0.4 is 5.73 Å². The Morgan fingerprint density at radius 3 is 2.64 bits per heavy atom. The summed E-state index contributed by atoms with van der Waals surface area (Å²) in [6, 6.07) is 4.29. The summed E-state index contributed by atoms with van der Waals surface area (Å²) in [5, 5.41) is 0. The van der Waals surface area contributed by atoms with Crippen LogP contribution in [-0.4, -0.2) is 41.5 Å². The lowest BCUT2D eigenvalue weighted by Gasteiger charge is -2.38. The van der Waals surface area contributed by atoms with Gasteiger partial charge in [0.15, 0.2) is 0 Å². The normalized spacial score (nSPS) is 24.8. The van der Waals surface area contributed by atoms with E-state index >= 15 is 0 Å². The van der Waals surface area contributed by atoms with Crippen molar-refractivity contribution in [3.05, 3.63) is 29.6 Å². The molecule has 5 heteroatoms. The molecule has 1 aliphatic heterocycles. The molecule has 120 valence electrons. The quantitative estimate of drug-likeness (QED) is 0.870. The van der Waals surface area contributed by atoms with Gasteiger partial charge in [0.05, 0.1) is 17.9 Å². The van der Waals surface area contributed by atoms with Gasteiger partial charge in [0.25, 0.3) is 0 Å². The summed E-state index contributed by atoms with van der Waals surface area (Å²) in [5.74, 6) is -0.441. The Morgan fingerprint density at radius 2 is 2.00 bits per heavy atom. The van der Waals surface area contributed by atoms with E-state index in [1.54, 1.807) is 12.3 Å². The number of hydrogen-bond acceptors (Lipinski definition) is 4. The van der Waals surface area contributed by atoms with Gasteiger partial charge in [-0.05, 0) is 25.0 Å². The van der Waals surface area contributed by atoms with Crippen LogP contribution >= 0.6 is 0 Å². The average Bonchev–Trinajstić information content (AvgIpc) is 2.84. The Hall–Kier alpha value is -1.46. The highest BCUT2D eigenvalue weighted by Crippen LogP contribution is 2.27. The first-order chi connectivity index (χ1) is 10.7. The van der Waals surface area contributed by atoms with E-state index in [0.29, 0.717) is 11.6 Å². The minimum absolute atomic E-state index is 0.000991. The molecule has 1 saturated heterocycles. The molecule has 1 aromatic rings. The van der Waals surface area contributed by atoms with Crippen molar-refractivity contribution < 1.29 is 9.53 Å². The lowest BCUT2D eigenvalue weighted by molar-refractivity contribution is -0.0488. The Balaban J connectivity index is 1.65. The molecule has 1 amide bonds. The number of carbonyl (C=O) groups is 1. The van der Waals surface area contributed by atoms with Gasteiger partial charge in [0.2, 0.25) is 5.91 Å². The van der Waals surface area contributed by atoms with Crippen LogP contribution in [0.2, 0.25) is 0 Å². The summed E-state index contributed by atoms with van der Waals surface area (Å²) in [7, 11) is 0. The zero-order valence-corrected chi connectivity index (χ0v) is 13.0.